The summed E-state index contributed by atoms with van der Waals surface area (Å²) in [6.45, 7) is 2.49. The highest BCUT2D eigenvalue weighted by Gasteiger charge is 2.21. The molecule has 3 N–H and O–H groups in total. The van der Waals surface area contributed by atoms with Crippen LogP contribution in [0.1, 0.15) is 58.3 Å². The van der Waals surface area contributed by atoms with E-state index in [1.807, 2.05) is 0 Å². The maximum absolute atomic E-state index is 10.9. The van der Waals surface area contributed by atoms with Crippen LogP contribution in [0, 0.1) is 17.8 Å². The Bertz CT molecular complexity index is 224. The van der Waals surface area contributed by atoms with Gasteiger partial charge in [0.15, 0.2) is 0 Å². The van der Waals surface area contributed by atoms with Crippen molar-refractivity contribution >= 4 is 5.97 Å². The minimum absolute atomic E-state index is 0.273. The molecule has 0 bridgehead atoms. The number of carbonyl (C=O) groups is 1. The van der Waals surface area contributed by atoms with Gasteiger partial charge in [-0.25, -0.2) is 0 Å². The molecule has 0 aliphatic heterocycles. The summed E-state index contributed by atoms with van der Waals surface area (Å²) >= 11 is 0. The summed E-state index contributed by atoms with van der Waals surface area (Å²) in [5, 5.41) is 8.96. The van der Waals surface area contributed by atoms with Gasteiger partial charge < -0.3 is 10.8 Å². The lowest BCUT2D eigenvalue weighted by atomic mass is 9.86. The van der Waals surface area contributed by atoms with E-state index < -0.39 is 5.97 Å². The van der Waals surface area contributed by atoms with Gasteiger partial charge in [0.1, 0.15) is 0 Å². The van der Waals surface area contributed by atoms with E-state index in [4.69, 9.17) is 10.8 Å². The normalized spacial score (nSPS) is 20.4. The van der Waals surface area contributed by atoms with Crippen molar-refractivity contribution in [2.75, 3.05) is 6.54 Å². The number of hydrogen-bond acceptors (Lipinski definition) is 2. The van der Waals surface area contributed by atoms with Gasteiger partial charge >= 0.3 is 5.97 Å². The number of nitrogens with two attached hydrogens (primary N) is 1. The van der Waals surface area contributed by atoms with E-state index in [9.17, 15) is 4.79 Å². The lowest BCUT2D eigenvalue weighted by Crippen LogP contribution is -2.24. The topological polar surface area (TPSA) is 63.3 Å². The fraction of sp³-hybridized carbons (Fsp3) is 0.929. The SMILES string of the molecule is CCC(CCC(CN)C(=O)O)CC1CCCC1. The van der Waals surface area contributed by atoms with Crippen LogP contribution in [0.15, 0.2) is 0 Å². The molecule has 17 heavy (non-hydrogen) atoms. The largest absolute Gasteiger partial charge is 0.481 e. The number of hydrogen-bond donors (Lipinski definition) is 2. The van der Waals surface area contributed by atoms with Gasteiger partial charge in [0.25, 0.3) is 0 Å². The smallest absolute Gasteiger partial charge is 0.307 e. The van der Waals surface area contributed by atoms with Crippen LogP contribution in [-0.2, 0) is 4.79 Å². The molecule has 0 aromatic carbocycles. The third-order valence-electron chi connectivity index (χ3n) is 4.28. The zero-order chi connectivity index (χ0) is 12.7. The molecule has 0 radical (unpaired) electrons. The first-order valence-electron chi connectivity index (χ1n) is 7.10. The number of carboxylic acid groups (broad SMARTS) is 1. The van der Waals surface area contributed by atoms with E-state index in [1.54, 1.807) is 0 Å². The minimum Gasteiger partial charge on any atom is -0.481 e. The molecule has 2 unspecified atom stereocenters. The molecule has 0 aromatic rings. The monoisotopic (exact) mass is 241 g/mol. The number of carboxylic acids is 1. The highest BCUT2D eigenvalue weighted by Crippen LogP contribution is 2.33. The summed E-state index contributed by atoms with van der Waals surface area (Å²) in [6, 6.07) is 0. The molecule has 0 amide bonds. The second-order valence-corrected chi connectivity index (χ2v) is 5.51. The molecule has 1 fully saturated rings. The fourth-order valence-electron chi connectivity index (χ4n) is 2.99. The first-order chi connectivity index (χ1) is 8.17. The number of aliphatic carboxylic acids is 1. The summed E-state index contributed by atoms with van der Waals surface area (Å²) in [5.41, 5.74) is 5.48. The first kappa shape index (κ1) is 14.5. The molecule has 0 spiro atoms. The Hall–Kier alpha value is -0.570. The Morgan fingerprint density at radius 1 is 1.35 bits per heavy atom. The molecule has 1 saturated carbocycles. The summed E-state index contributed by atoms with van der Waals surface area (Å²) in [6.07, 6.45) is 9.80. The molecule has 0 aromatic heterocycles. The Balaban J connectivity index is 2.27. The van der Waals surface area contributed by atoms with Gasteiger partial charge in [-0.3, -0.25) is 4.79 Å². The molecule has 0 heterocycles. The van der Waals surface area contributed by atoms with Gasteiger partial charge in [0.05, 0.1) is 5.92 Å². The van der Waals surface area contributed by atoms with Crippen LogP contribution in [0.3, 0.4) is 0 Å². The van der Waals surface area contributed by atoms with Crippen molar-refractivity contribution in [2.45, 2.75) is 58.3 Å². The molecule has 0 saturated heterocycles. The van der Waals surface area contributed by atoms with Crippen LogP contribution in [-0.4, -0.2) is 17.6 Å². The molecule has 100 valence electrons. The third kappa shape index (κ3) is 5.07. The maximum Gasteiger partial charge on any atom is 0.307 e. The van der Waals surface area contributed by atoms with Crippen LogP contribution in [0.4, 0.5) is 0 Å². The predicted molar refractivity (Wildman–Crippen MR) is 69.8 cm³/mol. The Kier molecular flexibility index (Phi) is 6.56. The fourth-order valence-corrected chi connectivity index (χ4v) is 2.99. The summed E-state index contributed by atoms with van der Waals surface area (Å²) < 4.78 is 0. The van der Waals surface area contributed by atoms with Gasteiger partial charge in [-0.1, -0.05) is 39.0 Å². The highest BCUT2D eigenvalue weighted by molar-refractivity contribution is 5.70. The molecular formula is C14H27NO2. The second-order valence-electron chi connectivity index (χ2n) is 5.51. The molecule has 3 heteroatoms. The lowest BCUT2D eigenvalue weighted by molar-refractivity contribution is -0.141. The van der Waals surface area contributed by atoms with Crippen molar-refractivity contribution in [1.82, 2.24) is 0 Å². The van der Waals surface area contributed by atoms with Crippen molar-refractivity contribution < 1.29 is 9.90 Å². The van der Waals surface area contributed by atoms with Gasteiger partial charge in [-0.2, -0.15) is 0 Å². The van der Waals surface area contributed by atoms with Crippen LogP contribution in [0.2, 0.25) is 0 Å². The molecule has 1 rings (SSSR count). The van der Waals surface area contributed by atoms with Crippen molar-refractivity contribution in [3.8, 4) is 0 Å². The van der Waals surface area contributed by atoms with Gasteiger partial charge in [-0.05, 0) is 31.1 Å². The predicted octanol–water partition coefficient (Wildman–Crippen LogP) is 3.03. The summed E-state index contributed by atoms with van der Waals surface area (Å²) in [4.78, 5) is 10.9. The first-order valence-corrected chi connectivity index (χ1v) is 7.10. The average molecular weight is 241 g/mol. The van der Waals surface area contributed by atoms with Crippen molar-refractivity contribution in [3.63, 3.8) is 0 Å². The zero-order valence-corrected chi connectivity index (χ0v) is 11.0. The highest BCUT2D eigenvalue weighted by atomic mass is 16.4. The second kappa shape index (κ2) is 7.70. The van der Waals surface area contributed by atoms with Crippen molar-refractivity contribution in [3.05, 3.63) is 0 Å². The van der Waals surface area contributed by atoms with E-state index in [0.717, 1.165) is 18.8 Å². The van der Waals surface area contributed by atoms with Crippen molar-refractivity contribution in [1.29, 1.82) is 0 Å². The third-order valence-corrected chi connectivity index (χ3v) is 4.28. The van der Waals surface area contributed by atoms with Crippen molar-refractivity contribution in [2.24, 2.45) is 23.5 Å². The molecule has 1 aliphatic carbocycles. The van der Waals surface area contributed by atoms with Crippen LogP contribution in [0.5, 0.6) is 0 Å². The van der Waals surface area contributed by atoms with E-state index in [-0.39, 0.29) is 12.5 Å². The van der Waals surface area contributed by atoms with Crippen LogP contribution >= 0.6 is 0 Å². The van der Waals surface area contributed by atoms with Crippen LogP contribution < -0.4 is 5.73 Å². The van der Waals surface area contributed by atoms with Gasteiger partial charge in [-0.15, -0.1) is 0 Å². The number of rotatable bonds is 8. The Morgan fingerprint density at radius 2 is 2.00 bits per heavy atom. The quantitative estimate of drug-likeness (QED) is 0.686. The van der Waals surface area contributed by atoms with Crippen LogP contribution in [0.25, 0.3) is 0 Å². The average Bonchev–Trinajstić information content (AvgIpc) is 2.80. The molecule has 3 nitrogen and oxygen atoms in total. The summed E-state index contributed by atoms with van der Waals surface area (Å²) in [7, 11) is 0. The Labute approximate surface area is 105 Å². The standard InChI is InChI=1S/C14H27NO2/c1-2-11(9-12-5-3-4-6-12)7-8-13(10-15)14(16)17/h11-13H,2-10,15H2,1H3,(H,16,17). The zero-order valence-electron chi connectivity index (χ0n) is 11.0. The minimum atomic E-state index is -0.733. The molecule has 1 aliphatic rings. The summed E-state index contributed by atoms with van der Waals surface area (Å²) in [5.74, 6) is 0.531. The van der Waals surface area contributed by atoms with E-state index in [0.29, 0.717) is 5.92 Å². The Morgan fingerprint density at radius 3 is 2.47 bits per heavy atom. The van der Waals surface area contributed by atoms with E-state index in [2.05, 4.69) is 6.92 Å². The van der Waals surface area contributed by atoms with E-state index >= 15 is 0 Å². The molecular weight excluding hydrogens is 214 g/mol. The van der Waals surface area contributed by atoms with E-state index in [1.165, 1.54) is 38.5 Å². The van der Waals surface area contributed by atoms with Gasteiger partial charge in [0.2, 0.25) is 0 Å². The van der Waals surface area contributed by atoms with Gasteiger partial charge in [0, 0.05) is 6.54 Å². The lowest BCUT2D eigenvalue weighted by Gasteiger charge is -2.20. The molecule has 2 atom stereocenters. The maximum atomic E-state index is 10.9.